The van der Waals surface area contributed by atoms with Gasteiger partial charge in [-0.15, -0.1) is 6.58 Å². The number of aliphatic imine (C=N–C) groups is 1. The SMILES string of the molecule is C=CCc1cc(C=Nc2ccc(C)c([N+](=O)[O-])c2)cc(OC)c1OCC(=O)O. The third-order valence-electron chi connectivity index (χ3n) is 3.83. The molecule has 0 atom stereocenters. The average Bonchev–Trinajstić information content (AvgIpc) is 2.65. The van der Waals surface area contributed by atoms with E-state index in [9.17, 15) is 14.9 Å². The molecule has 0 fully saturated rings. The Balaban J connectivity index is 2.40. The van der Waals surface area contributed by atoms with Crippen molar-refractivity contribution >= 4 is 23.6 Å². The fourth-order valence-corrected chi connectivity index (χ4v) is 2.54. The third-order valence-corrected chi connectivity index (χ3v) is 3.83. The summed E-state index contributed by atoms with van der Waals surface area (Å²) in [4.78, 5) is 25.7. The molecule has 2 aromatic rings. The number of methoxy groups -OCH3 is 1. The van der Waals surface area contributed by atoms with Gasteiger partial charge in [-0.05, 0) is 37.1 Å². The summed E-state index contributed by atoms with van der Waals surface area (Å²) in [7, 11) is 1.45. The summed E-state index contributed by atoms with van der Waals surface area (Å²) in [5, 5.41) is 19.9. The first-order valence-electron chi connectivity index (χ1n) is 8.31. The Labute approximate surface area is 161 Å². The summed E-state index contributed by atoms with van der Waals surface area (Å²) >= 11 is 0. The Hall–Kier alpha value is -3.68. The first kappa shape index (κ1) is 20.6. The molecule has 8 heteroatoms. The molecule has 0 aliphatic heterocycles. The lowest BCUT2D eigenvalue weighted by Gasteiger charge is -2.14. The molecule has 0 spiro atoms. The maximum Gasteiger partial charge on any atom is 0.341 e. The maximum atomic E-state index is 11.1. The van der Waals surface area contributed by atoms with Crippen LogP contribution in [0.3, 0.4) is 0 Å². The van der Waals surface area contributed by atoms with Gasteiger partial charge in [0.15, 0.2) is 18.1 Å². The van der Waals surface area contributed by atoms with E-state index in [1.54, 1.807) is 43.5 Å². The fourth-order valence-electron chi connectivity index (χ4n) is 2.54. The number of nitro groups is 1. The minimum absolute atomic E-state index is 0.00278. The van der Waals surface area contributed by atoms with E-state index in [0.29, 0.717) is 40.3 Å². The lowest BCUT2D eigenvalue weighted by Crippen LogP contribution is -2.11. The van der Waals surface area contributed by atoms with Crippen LogP contribution in [0.15, 0.2) is 48.0 Å². The molecule has 0 aromatic heterocycles. The zero-order chi connectivity index (χ0) is 20.7. The second-order valence-electron chi connectivity index (χ2n) is 5.87. The fraction of sp³-hybridized carbons (Fsp3) is 0.200. The number of nitro benzene ring substituents is 1. The van der Waals surface area contributed by atoms with E-state index in [1.165, 1.54) is 13.2 Å². The zero-order valence-electron chi connectivity index (χ0n) is 15.5. The number of carboxylic acid groups (broad SMARTS) is 1. The van der Waals surface area contributed by atoms with Crippen molar-refractivity contribution in [1.29, 1.82) is 0 Å². The summed E-state index contributed by atoms with van der Waals surface area (Å²) in [5.41, 5.74) is 2.34. The molecular weight excluding hydrogens is 364 g/mol. The average molecular weight is 384 g/mol. The molecule has 146 valence electrons. The minimum atomic E-state index is -1.10. The number of ether oxygens (including phenoxy) is 2. The molecule has 0 aliphatic carbocycles. The van der Waals surface area contributed by atoms with Crippen molar-refractivity contribution in [3.8, 4) is 11.5 Å². The monoisotopic (exact) mass is 384 g/mol. The van der Waals surface area contributed by atoms with E-state index in [0.717, 1.165) is 0 Å². The van der Waals surface area contributed by atoms with Gasteiger partial charge in [-0.25, -0.2) is 4.79 Å². The summed E-state index contributed by atoms with van der Waals surface area (Å²) in [6.45, 7) is 4.86. The van der Waals surface area contributed by atoms with Gasteiger partial charge in [0.2, 0.25) is 0 Å². The van der Waals surface area contributed by atoms with Gasteiger partial charge >= 0.3 is 5.97 Å². The van der Waals surface area contributed by atoms with E-state index in [2.05, 4.69) is 11.6 Å². The number of rotatable bonds is 9. The van der Waals surface area contributed by atoms with Crippen molar-refractivity contribution in [3.05, 3.63) is 69.8 Å². The van der Waals surface area contributed by atoms with Gasteiger partial charge < -0.3 is 14.6 Å². The lowest BCUT2D eigenvalue weighted by molar-refractivity contribution is -0.385. The zero-order valence-corrected chi connectivity index (χ0v) is 15.5. The quantitative estimate of drug-likeness (QED) is 0.304. The van der Waals surface area contributed by atoms with Gasteiger partial charge in [-0.3, -0.25) is 15.1 Å². The van der Waals surface area contributed by atoms with Gasteiger partial charge in [0.1, 0.15) is 0 Å². The van der Waals surface area contributed by atoms with E-state index < -0.39 is 17.5 Å². The van der Waals surface area contributed by atoms with Crippen LogP contribution in [-0.2, 0) is 11.2 Å². The van der Waals surface area contributed by atoms with Crippen LogP contribution in [0.25, 0.3) is 0 Å². The van der Waals surface area contributed by atoms with Crippen molar-refractivity contribution in [3.63, 3.8) is 0 Å². The van der Waals surface area contributed by atoms with Crippen LogP contribution in [0.4, 0.5) is 11.4 Å². The molecule has 8 nitrogen and oxygen atoms in total. The Morgan fingerprint density at radius 3 is 2.71 bits per heavy atom. The molecule has 0 unspecified atom stereocenters. The van der Waals surface area contributed by atoms with Crippen molar-refractivity contribution in [2.75, 3.05) is 13.7 Å². The normalized spacial score (nSPS) is 10.6. The highest BCUT2D eigenvalue weighted by molar-refractivity contribution is 5.84. The summed E-state index contributed by atoms with van der Waals surface area (Å²) in [6, 6.07) is 8.14. The lowest BCUT2D eigenvalue weighted by atomic mass is 10.1. The van der Waals surface area contributed by atoms with Gasteiger partial charge in [0.25, 0.3) is 5.69 Å². The van der Waals surface area contributed by atoms with Crippen molar-refractivity contribution in [2.45, 2.75) is 13.3 Å². The molecule has 0 heterocycles. The van der Waals surface area contributed by atoms with Crippen LogP contribution in [0.1, 0.15) is 16.7 Å². The van der Waals surface area contributed by atoms with Crippen LogP contribution in [-0.4, -0.2) is 35.9 Å². The predicted octanol–water partition coefficient (Wildman–Crippen LogP) is 3.85. The number of benzene rings is 2. The maximum absolute atomic E-state index is 11.1. The van der Waals surface area contributed by atoms with Crippen LogP contribution in [0.5, 0.6) is 11.5 Å². The molecule has 1 N–H and O–H groups in total. The Morgan fingerprint density at radius 1 is 1.36 bits per heavy atom. The first-order valence-corrected chi connectivity index (χ1v) is 8.31. The van der Waals surface area contributed by atoms with Crippen molar-refractivity contribution in [1.82, 2.24) is 0 Å². The number of allylic oxidation sites excluding steroid dienone is 1. The molecule has 2 aromatic carbocycles. The molecule has 0 amide bonds. The van der Waals surface area contributed by atoms with E-state index in [1.807, 2.05) is 0 Å². The molecule has 0 radical (unpaired) electrons. The molecule has 0 bridgehead atoms. The third kappa shape index (κ3) is 5.16. The number of hydrogen-bond acceptors (Lipinski definition) is 6. The van der Waals surface area contributed by atoms with Crippen LogP contribution < -0.4 is 9.47 Å². The highest BCUT2D eigenvalue weighted by Crippen LogP contribution is 2.33. The second-order valence-corrected chi connectivity index (χ2v) is 5.87. The summed E-state index contributed by atoms with van der Waals surface area (Å²) < 4.78 is 10.7. The number of hydrogen-bond donors (Lipinski definition) is 1. The van der Waals surface area contributed by atoms with Crippen LogP contribution in [0, 0.1) is 17.0 Å². The van der Waals surface area contributed by atoms with Gasteiger partial charge in [0.05, 0.1) is 17.7 Å². The molecule has 28 heavy (non-hydrogen) atoms. The highest BCUT2D eigenvalue weighted by atomic mass is 16.6. The first-order chi connectivity index (χ1) is 13.3. The number of nitrogens with zero attached hydrogens (tertiary/aromatic N) is 2. The summed E-state index contributed by atoms with van der Waals surface area (Å²) in [6.07, 6.45) is 3.64. The minimum Gasteiger partial charge on any atom is -0.493 e. The molecule has 2 rings (SSSR count). The predicted molar refractivity (Wildman–Crippen MR) is 105 cm³/mol. The number of aryl methyl sites for hydroxylation is 1. The van der Waals surface area contributed by atoms with Gasteiger partial charge in [-0.2, -0.15) is 0 Å². The smallest absolute Gasteiger partial charge is 0.341 e. The van der Waals surface area contributed by atoms with E-state index in [4.69, 9.17) is 14.6 Å². The molecule has 0 saturated carbocycles. The topological polar surface area (TPSA) is 111 Å². The molecular formula is C20H20N2O6. The van der Waals surface area contributed by atoms with Crippen molar-refractivity contribution < 1.29 is 24.3 Å². The number of carboxylic acids is 1. The standard InChI is InChI=1S/C20H20N2O6/c1-4-5-15-8-14(9-18(27-3)20(15)28-12-19(23)24)11-21-16-7-6-13(2)17(10-16)22(25)26/h4,6-11H,1,5,12H2,2-3H3,(H,23,24). The Morgan fingerprint density at radius 2 is 2.11 bits per heavy atom. The largest absolute Gasteiger partial charge is 0.493 e. The Kier molecular flexibility index (Phi) is 6.86. The van der Waals surface area contributed by atoms with E-state index >= 15 is 0 Å². The van der Waals surface area contributed by atoms with Crippen molar-refractivity contribution in [2.24, 2.45) is 4.99 Å². The molecule has 0 aliphatic rings. The Bertz CT molecular complexity index is 937. The van der Waals surface area contributed by atoms with Gasteiger partial charge in [-0.1, -0.05) is 12.1 Å². The summed E-state index contributed by atoms with van der Waals surface area (Å²) in [5.74, 6) is -0.414. The van der Waals surface area contributed by atoms with Crippen LogP contribution in [0.2, 0.25) is 0 Å². The molecule has 0 saturated heterocycles. The number of carbonyl (C=O) groups is 1. The second kappa shape index (κ2) is 9.31. The highest BCUT2D eigenvalue weighted by Gasteiger charge is 2.14. The number of aliphatic carboxylic acids is 1. The van der Waals surface area contributed by atoms with Crippen LogP contribution >= 0.6 is 0 Å². The van der Waals surface area contributed by atoms with E-state index in [-0.39, 0.29) is 5.69 Å². The van der Waals surface area contributed by atoms with Gasteiger partial charge in [0, 0.05) is 23.4 Å².